The Labute approximate surface area is 121 Å². The number of esters is 1. The molecule has 3 atom stereocenters. The monoisotopic (exact) mass is 279 g/mol. The minimum atomic E-state index is -0.617. The molecule has 0 heterocycles. The van der Waals surface area contributed by atoms with Gasteiger partial charge < -0.3 is 15.2 Å². The number of nitrogens with two attached hydrogens (primary N) is 1. The lowest BCUT2D eigenvalue weighted by Crippen LogP contribution is -2.39. The van der Waals surface area contributed by atoms with Gasteiger partial charge in [0.1, 0.15) is 24.0 Å². The Morgan fingerprint density at radius 1 is 1.15 bits per heavy atom. The smallest absolute Gasteiger partial charge is 0.323 e. The number of benzene rings is 1. The fourth-order valence-corrected chi connectivity index (χ4v) is 1.84. The molecule has 0 saturated carbocycles. The summed E-state index contributed by atoms with van der Waals surface area (Å²) in [6, 6.07) is 8.94. The fourth-order valence-electron chi connectivity index (χ4n) is 1.84. The predicted octanol–water partition coefficient (Wildman–Crippen LogP) is 2.76. The minimum Gasteiger partial charge on any atom is -0.487 e. The molecule has 0 aromatic heterocycles. The molecule has 0 fully saturated rings. The maximum Gasteiger partial charge on any atom is 0.323 e. The van der Waals surface area contributed by atoms with Crippen molar-refractivity contribution in [1.82, 2.24) is 0 Å². The highest BCUT2D eigenvalue weighted by Crippen LogP contribution is 2.19. The van der Waals surface area contributed by atoms with Gasteiger partial charge in [-0.2, -0.15) is 0 Å². The number of rotatable bonds is 7. The molecule has 0 aliphatic carbocycles. The van der Waals surface area contributed by atoms with Crippen LogP contribution in [0, 0.1) is 5.92 Å². The van der Waals surface area contributed by atoms with Crippen LogP contribution in [-0.2, 0) is 9.53 Å². The zero-order valence-electron chi connectivity index (χ0n) is 12.7. The van der Waals surface area contributed by atoms with Crippen LogP contribution in [0.3, 0.4) is 0 Å². The average Bonchev–Trinajstić information content (AvgIpc) is 2.38. The van der Waals surface area contributed by atoms with Crippen LogP contribution in [-0.4, -0.2) is 24.2 Å². The molecule has 0 saturated heterocycles. The number of carbonyl (C=O) groups excluding carboxylic acids is 1. The highest BCUT2D eigenvalue weighted by Gasteiger charge is 2.25. The van der Waals surface area contributed by atoms with Gasteiger partial charge in [0.05, 0.1) is 0 Å². The maximum absolute atomic E-state index is 11.6. The highest BCUT2D eigenvalue weighted by atomic mass is 16.6. The summed E-state index contributed by atoms with van der Waals surface area (Å²) in [5.74, 6) is 0.824. The van der Waals surface area contributed by atoms with E-state index in [1.807, 2.05) is 37.3 Å². The number of ether oxygens (including phenoxy) is 2. The summed E-state index contributed by atoms with van der Waals surface area (Å²) >= 11 is 0. The van der Waals surface area contributed by atoms with E-state index in [9.17, 15) is 4.79 Å². The molecular formula is C16H25NO3. The third-order valence-electron chi connectivity index (χ3n) is 2.93. The topological polar surface area (TPSA) is 61.5 Å². The molecule has 1 rings (SSSR count). The van der Waals surface area contributed by atoms with Crippen LogP contribution in [0.4, 0.5) is 0 Å². The van der Waals surface area contributed by atoms with Crippen LogP contribution in [0.2, 0.25) is 0 Å². The van der Waals surface area contributed by atoms with Crippen molar-refractivity contribution < 1.29 is 14.3 Å². The molecule has 112 valence electrons. The minimum absolute atomic E-state index is 0.180. The van der Waals surface area contributed by atoms with E-state index in [-0.39, 0.29) is 12.2 Å². The molecule has 0 bridgehead atoms. The van der Waals surface area contributed by atoms with Gasteiger partial charge in [-0.1, -0.05) is 32.0 Å². The third-order valence-corrected chi connectivity index (χ3v) is 2.93. The van der Waals surface area contributed by atoms with Crippen molar-refractivity contribution in [2.75, 3.05) is 0 Å². The molecule has 1 aromatic carbocycles. The van der Waals surface area contributed by atoms with E-state index in [0.29, 0.717) is 5.92 Å². The Morgan fingerprint density at radius 3 is 2.25 bits per heavy atom. The van der Waals surface area contributed by atoms with Gasteiger partial charge in [-0.3, -0.25) is 4.79 Å². The molecule has 0 radical (unpaired) electrons. The predicted molar refractivity (Wildman–Crippen MR) is 79.5 cm³/mol. The summed E-state index contributed by atoms with van der Waals surface area (Å²) in [7, 11) is 0. The first-order valence-corrected chi connectivity index (χ1v) is 7.08. The van der Waals surface area contributed by atoms with E-state index < -0.39 is 12.0 Å². The van der Waals surface area contributed by atoms with Crippen molar-refractivity contribution in [2.45, 2.75) is 52.4 Å². The van der Waals surface area contributed by atoms with Crippen molar-refractivity contribution in [3.8, 4) is 5.75 Å². The molecule has 4 nitrogen and oxygen atoms in total. The summed E-state index contributed by atoms with van der Waals surface area (Å²) in [6.45, 7) is 7.68. The standard InChI is InChI=1S/C16H25NO3/c1-11(2)10-15(13(4)19-16(18)12(3)17)20-14-8-6-5-7-9-14/h5-9,11-13,15H,10,17H2,1-4H3/t12-,13-,15+/m0/s1. The van der Waals surface area contributed by atoms with Gasteiger partial charge in [0.25, 0.3) is 0 Å². The van der Waals surface area contributed by atoms with Crippen molar-refractivity contribution in [3.63, 3.8) is 0 Å². The van der Waals surface area contributed by atoms with Gasteiger partial charge in [-0.25, -0.2) is 0 Å². The Kier molecular flexibility index (Phi) is 6.52. The quantitative estimate of drug-likeness (QED) is 0.780. The first-order valence-electron chi connectivity index (χ1n) is 7.08. The second kappa shape index (κ2) is 7.90. The van der Waals surface area contributed by atoms with Crippen LogP contribution in [0.25, 0.3) is 0 Å². The Bertz CT molecular complexity index is 403. The molecule has 2 N–H and O–H groups in total. The number of carbonyl (C=O) groups is 1. The molecular weight excluding hydrogens is 254 g/mol. The van der Waals surface area contributed by atoms with Crippen molar-refractivity contribution >= 4 is 5.97 Å². The van der Waals surface area contributed by atoms with E-state index in [4.69, 9.17) is 15.2 Å². The van der Waals surface area contributed by atoms with Crippen LogP contribution in [0.1, 0.15) is 34.1 Å². The second-order valence-corrected chi connectivity index (χ2v) is 5.53. The third kappa shape index (κ3) is 5.61. The highest BCUT2D eigenvalue weighted by molar-refractivity contribution is 5.75. The van der Waals surface area contributed by atoms with Crippen molar-refractivity contribution in [1.29, 1.82) is 0 Å². The maximum atomic E-state index is 11.6. The molecule has 0 aliphatic heterocycles. The zero-order chi connectivity index (χ0) is 15.1. The van der Waals surface area contributed by atoms with Crippen molar-refractivity contribution in [2.24, 2.45) is 11.7 Å². The molecule has 0 unspecified atom stereocenters. The van der Waals surface area contributed by atoms with E-state index in [0.717, 1.165) is 12.2 Å². The van der Waals surface area contributed by atoms with Gasteiger partial charge in [-0.05, 0) is 38.3 Å². The van der Waals surface area contributed by atoms with E-state index in [1.165, 1.54) is 0 Å². The first kappa shape index (κ1) is 16.5. The largest absolute Gasteiger partial charge is 0.487 e. The lowest BCUT2D eigenvalue weighted by atomic mass is 10.0. The lowest BCUT2D eigenvalue weighted by molar-refractivity contribution is -0.154. The summed E-state index contributed by atoms with van der Waals surface area (Å²) in [5, 5.41) is 0. The van der Waals surface area contributed by atoms with Gasteiger partial charge in [0, 0.05) is 0 Å². The SMILES string of the molecule is CC(C)C[C@@H](Oc1ccccc1)[C@H](C)OC(=O)[C@H](C)N. The average molecular weight is 279 g/mol. The normalized spacial score (nSPS) is 15.5. The number of hydrogen-bond donors (Lipinski definition) is 1. The molecule has 0 amide bonds. The Morgan fingerprint density at radius 2 is 1.75 bits per heavy atom. The van der Waals surface area contributed by atoms with Gasteiger partial charge in [0.15, 0.2) is 0 Å². The second-order valence-electron chi connectivity index (χ2n) is 5.53. The van der Waals surface area contributed by atoms with Gasteiger partial charge in [-0.15, -0.1) is 0 Å². The van der Waals surface area contributed by atoms with E-state index in [2.05, 4.69) is 13.8 Å². The van der Waals surface area contributed by atoms with E-state index >= 15 is 0 Å². The van der Waals surface area contributed by atoms with Crippen LogP contribution < -0.4 is 10.5 Å². The molecule has 1 aromatic rings. The van der Waals surface area contributed by atoms with Crippen molar-refractivity contribution in [3.05, 3.63) is 30.3 Å². The van der Waals surface area contributed by atoms with E-state index in [1.54, 1.807) is 6.92 Å². The Balaban J connectivity index is 2.70. The van der Waals surface area contributed by atoms with Crippen LogP contribution in [0.15, 0.2) is 30.3 Å². The molecule has 0 aliphatic rings. The van der Waals surface area contributed by atoms with Gasteiger partial charge >= 0.3 is 5.97 Å². The first-order chi connectivity index (χ1) is 9.40. The van der Waals surface area contributed by atoms with Crippen LogP contribution >= 0.6 is 0 Å². The lowest BCUT2D eigenvalue weighted by Gasteiger charge is -2.27. The number of para-hydroxylation sites is 1. The zero-order valence-corrected chi connectivity index (χ0v) is 12.7. The molecule has 20 heavy (non-hydrogen) atoms. The summed E-state index contributed by atoms with van der Waals surface area (Å²) in [4.78, 5) is 11.6. The number of hydrogen-bond acceptors (Lipinski definition) is 4. The summed E-state index contributed by atoms with van der Waals surface area (Å²) in [6.07, 6.45) is 0.290. The molecule has 4 heteroatoms. The van der Waals surface area contributed by atoms with Gasteiger partial charge in [0.2, 0.25) is 0 Å². The summed E-state index contributed by atoms with van der Waals surface area (Å²) < 4.78 is 11.3. The fraction of sp³-hybridized carbons (Fsp3) is 0.562. The molecule has 0 spiro atoms. The van der Waals surface area contributed by atoms with Crippen LogP contribution in [0.5, 0.6) is 5.75 Å². The summed E-state index contributed by atoms with van der Waals surface area (Å²) in [5.41, 5.74) is 5.52. The Hall–Kier alpha value is -1.55.